The summed E-state index contributed by atoms with van der Waals surface area (Å²) in [7, 11) is 4.81. The summed E-state index contributed by atoms with van der Waals surface area (Å²) in [4.78, 5) is 15.4. The number of hydrogen-bond donors (Lipinski definition) is 0. The number of para-hydroxylation sites is 2. The van der Waals surface area contributed by atoms with Gasteiger partial charge in [0.15, 0.2) is 23.0 Å². The van der Waals surface area contributed by atoms with E-state index in [0.717, 1.165) is 11.1 Å². The second-order valence-corrected chi connectivity index (χ2v) is 8.02. The lowest BCUT2D eigenvalue weighted by molar-refractivity contribution is 0.0587. The second-order valence-electron chi connectivity index (χ2n) is 7.61. The van der Waals surface area contributed by atoms with Crippen LogP contribution in [0, 0.1) is 0 Å². The maximum Gasteiger partial charge on any atom is 0.256 e. The van der Waals surface area contributed by atoms with Crippen LogP contribution in [0.4, 0.5) is 0 Å². The first-order valence-electron chi connectivity index (χ1n) is 10.6. The Kier molecular flexibility index (Phi) is 6.94. The average Bonchev–Trinajstić information content (AvgIpc) is 2.86. The zero-order valence-electron chi connectivity index (χ0n) is 18.8. The first-order chi connectivity index (χ1) is 16.1. The van der Waals surface area contributed by atoms with Gasteiger partial charge in [0.2, 0.25) is 0 Å². The molecular formula is C26H26ClNO5. The standard InChI is InChI=1S/C26H26ClNO5/c1-30-22-10-6-7-11-23(22)33-16-21-19-15-25(32-3)24(31-2)14-17(19)12-13-28(21)26(29)18-8-4-5-9-20(18)27/h4-11,14-15,21H,12-13,16H2,1-3H3/t21-/m0/s1. The molecule has 1 heterocycles. The third-order valence-electron chi connectivity index (χ3n) is 5.83. The topological polar surface area (TPSA) is 57.2 Å². The van der Waals surface area contributed by atoms with Crippen molar-refractivity contribution >= 4 is 17.5 Å². The molecule has 1 aliphatic rings. The Hall–Kier alpha value is -3.38. The molecule has 3 aromatic carbocycles. The van der Waals surface area contributed by atoms with Crippen LogP contribution in [0.15, 0.2) is 60.7 Å². The van der Waals surface area contributed by atoms with Crippen molar-refractivity contribution in [2.24, 2.45) is 0 Å². The minimum Gasteiger partial charge on any atom is -0.493 e. The molecule has 0 saturated heterocycles. The Balaban J connectivity index is 1.73. The Labute approximate surface area is 198 Å². The lowest BCUT2D eigenvalue weighted by Gasteiger charge is -2.38. The molecule has 7 heteroatoms. The molecule has 0 aliphatic carbocycles. The van der Waals surface area contributed by atoms with Crippen LogP contribution in [-0.2, 0) is 6.42 Å². The Morgan fingerprint density at radius 1 is 0.909 bits per heavy atom. The van der Waals surface area contributed by atoms with Gasteiger partial charge in [0, 0.05) is 6.54 Å². The van der Waals surface area contributed by atoms with Gasteiger partial charge in [-0.2, -0.15) is 0 Å². The van der Waals surface area contributed by atoms with Gasteiger partial charge in [-0.1, -0.05) is 35.9 Å². The lowest BCUT2D eigenvalue weighted by atomic mass is 9.91. The fraction of sp³-hybridized carbons (Fsp3) is 0.269. The molecule has 0 bridgehead atoms. The van der Waals surface area contributed by atoms with E-state index in [1.54, 1.807) is 33.5 Å². The monoisotopic (exact) mass is 467 g/mol. The molecule has 6 nitrogen and oxygen atoms in total. The van der Waals surface area contributed by atoms with Crippen molar-refractivity contribution in [3.05, 3.63) is 82.4 Å². The number of ether oxygens (including phenoxy) is 4. The van der Waals surface area contributed by atoms with Crippen molar-refractivity contribution in [1.82, 2.24) is 4.90 Å². The highest BCUT2D eigenvalue weighted by atomic mass is 35.5. The van der Waals surface area contributed by atoms with Gasteiger partial charge in [-0.05, 0) is 53.9 Å². The molecule has 0 fully saturated rings. The summed E-state index contributed by atoms with van der Waals surface area (Å²) in [6, 6.07) is 18.1. The molecule has 3 aromatic rings. The summed E-state index contributed by atoms with van der Waals surface area (Å²) in [5, 5.41) is 0.421. The zero-order chi connectivity index (χ0) is 23.4. The van der Waals surface area contributed by atoms with E-state index in [2.05, 4.69) is 0 Å². The van der Waals surface area contributed by atoms with Crippen LogP contribution in [0.2, 0.25) is 5.02 Å². The van der Waals surface area contributed by atoms with Gasteiger partial charge < -0.3 is 23.8 Å². The van der Waals surface area contributed by atoms with Crippen molar-refractivity contribution in [2.45, 2.75) is 12.5 Å². The molecule has 1 amide bonds. The summed E-state index contributed by atoms with van der Waals surface area (Å²) in [5.74, 6) is 2.36. The van der Waals surface area contributed by atoms with Gasteiger partial charge in [0.1, 0.15) is 6.61 Å². The van der Waals surface area contributed by atoms with Gasteiger partial charge in [-0.15, -0.1) is 0 Å². The van der Waals surface area contributed by atoms with Crippen LogP contribution >= 0.6 is 11.6 Å². The predicted octanol–water partition coefficient (Wildman–Crippen LogP) is 5.18. The Bertz CT molecular complexity index is 1150. The quantitative estimate of drug-likeness (QED) is 0.479. The van der Waals surface area contributed by atoms with Gasteiger partial charge in [0.25, 0.3) is 5.91 Å². The van der Waals surface area contributed by atoms with Crippen LogP contribution < -0.4 is 18.9 Å². The Morgan fingerprint density at radius 3 is 2.24 bits per heavy atom. The number of fused-ring (bicyclic) bond motifs is 1. The summed E-state index contributed by atoms with van der Waals surface area (Å²) in [6.07, 6.45) is 0.678. The third kappa shape index (κ3) is 4.57. The van der Waals surface area contributed by atoms with Crippen LogP contribution in [0.25, 0.3) is 0 Å². The molecule has 33 heavy (non-hydrogen) atoms. The van der Waals surface area contributed by atoms with Crippen LogP contribution in [0.1, 0.15) is 27.5 Å². The first-order valence-corrected chi connectivity index (χ1v) is 11.0. The maximum atomic E-state index is 13.6. The number of amides is 1. The van der Waals surface area contributed by atoms with Gasteiger partial charge >= 0.3 is 0 Å². The number of carbonyl (C=O) groups excluding carboxylic acids is 1. The van der Waals surface area contributed by atoms with Gasteiger partial charge in [-0.25, -0.2) is 0 Å². The number of nitrogens with zero attached hydrogens (tertiary/aromatic N) is 1. The summed E-state index contributed by atoms with van der Waals surface area (Å²) >= 11 is 6.35. The zero-order valence-corrected chi connectivity index (χ0v) is 19.6. The molecule has 0 radical (unpaired) electrons. The van der Waals surface area contributed by atoms with Crippen LogP contribution in [-0.4, -0.2) is 45.3 Å². The highest BCUT2D eigenvalue weighted by molar-refractivity contribution is 6.33. The number of hydrogen-bond acceptors (Lipinski definition) is 5. The maximum absolute atomic E-state index is 13.6. The molecule has 0 spiro atoms. The fourth-order valence-corrected chi connectivity index (χ4v) is 4.36. The summed E-state index contributed by atoms with van der Waals surface area (Å²) in [5.41, 5.74) is 2.50. The molecule has 4 rings (SSSR count). The van der Waals surface area contributed by atoms with Crippen molar-refractivity contribution in [1.29, 1.82) is 0 Å². The number of benzene rings is 3. The fourth-order valence-electron chi connectivity index (χ4n) is 4.15. The van der Waals surface area contributed by atoms with Crippen molar-refractivity contribution < 1.29 is 23.7 Å². The van der Waals surface area contributed by atoms with Gasteiger partial charge in [0.05, 0.1) is 38.0 Å². The molecular weight excluding hydrogens is 442 g/mol. The highest BCUT2D eigenvalue weighted by Gasteiger charge is 2.34. The SMILES string of the molecule is COc1cc2c(cc1OC)[C@H](COc1ccccc1OC)N(C(=O)c1ccccc1Cl)CC2. The first kappa shape index (κ1) is 22.8. The smallest absolute Gasteiger partial charge is 0.256 e. The minimum atomic E-state index is -0.359. The van der Waals surface area contributed by atoms with Gasteiger partial charge in [-0.3, -0.25) is 4.79 Å². The number of methoxy groups -OCH3 is 3. The van der Waals surface area contributed by atoms with E-state index in [9.17, 15) is 4.79 Å². The molecule has 172 valence electrons. The predicted molar refractivity (Wildman–Crippen MR) is 127 cm³/mol. The molecule has 0 saturated carbocycles. The largest absolute Gasteiger partial charge is 0.493 e. The van der Waals surface area contributed by atoms with Crippen molar-refractivity contribution in [2.75, 3.05) is 34.5 Å². The second kappa shape index (κ2) is 10.0. The van der Waals surface area contributed by atoms with Crippen LogP contribution in [0.3, 0.4) is 0 Å². The van der Waals surface area contributed by atoms with E-state index in [4.69, 9.17) is 30.5 Å². The molecule has 0 unspecified atom stereocenters. The van der Waals surface area contributed by atoms with E-state index in [1.807, 2.05) is 53.4 Å². The number of rotatable bonds is 7. The van der Waals surface area contributed by atoms with E-state index in [1.165, 1.54) is 0 Å². The van der Waals surface area contributed by atoms with Crippen molar-refractivity contribution in [3.8, 4) is 23.0 Å². The summed E-state index contributed by atoms with van der Waals surface area (Å²) in [6.45, 7) is 0.755. The van der Waals surface area contributed by atoms with E-state index in [0.29, 0.717) is 46.5 Å². The number of carbonyl (C=O) groups is 1. The molecule has 1 atom stereocenters. The van der Waals surface area contributed by atoms with E-state index in [-0.39, 0.29) is 18.6 Å². The average molecular weight is 468 g/mol. The molecule has 1 aliphatic heterocycles. The summed E-state index contributed by atoms with van der Waals surface area (Å²) < 4.78 is 22.6. The molecule has 0 aromatic heterocycles. The van der Waals surface area contributed by atoms with E-state index >= 15 is 0 Å². The molecule has 0 N–H and O–H groups in total. The normalized spacial score (nSPS) is 14.9. The third-order valence-corrected chi connectivity index (χ3v) is 6.16. The highest BCUT2D eigenvalue weighted by Crippen LogP contribution is 2.39. The van der Waals surface area contributed by atoms with Crippen LogP contribution in [0.5, 0.6) is 23.0 Å². The Morgan fingerprint density at radius 2 is 1.55 bits per heavy atom. The van der Waals surface area contributed by atoms with E-state index < -0.39 is 0 Å². The number of halogens is 1. The lowest BCUT2D eigenvalue weighted by Crippen LogP contribution is -2.42. The minimum absolute atomic E-state index is 0.144. The van der Waals surface area contributed by atoms with Crippen molar-refractivity contribution in [3.63, 3.8) is 0 Å².